The summed E-state index contributed by atoms with van der Waals surface area (Å²) in [7, 11) is 0. The Morgan fingerprint density at radius 2 is 0.614 bits per heavy atom. The number of hydrogen-bond acceptors (Lipinski definition) is 1. The molecule has 0 aliphatic heterocycles. The molecule has 0 radical (unpaired) electrons. The van der Waals surface area contributed by atoms with E-state index in [2.05, 4.69) is 234 Å². The number of aromatic nitrogens is 2. The van der Waals surface area contributed by atoms with Crippen molar-refractivity contribution < 1.29 is 13.2 Å². The minimum atomic E-state index is -4.49. The van der Waals surface area contributed by atoms with Crippen molar-refractivity contribution in [3.8, 4) is 84.2 Å². The van der Waals surface area contributed by atoms with Crippen molar-refractivity contribution in [3.63, 3.8) is 0 Å². The lowest BCUT2D eigenvalue weighted by Crippen LogP contribution is -2.05. The van der Waals surface area contributed by atoms with Gasteiger partial charge in [0, 0.05) is 32.7 Å². The van der Waals surface area contributed by atoms with Gasteiger partial charge in [-0.15, -0.1) is 0 Å². The monoisotopic (exact) mass is 1080 g/mol. The Hall–Kier alpha value is -9.70. The Morgan fingerprint density at radius 3 is 0.940 bits per heavy atom. The number of nitriles is 1. The van der Waals surface area contributed by atoms with Gasteiger partial charge in [0.25, 0.3) is 0 Å². The summed E-state index contributed by atoms with van der Waals surface area (Å²) in [5.41, 5.74) is 27.6. The highest BCUT2D eigenvalue weighted by atomic mass is 19.4. The van der Waals surface area contributed by atoms with Crippen molar-refractivity contribution in [2.75, 3.05) is 0 Å². The van der Waals surface area contributed by atoms with E-state index in [-0.39, 0.29) is 0 Å². The molecule has 0 bridgehead atoms. The zero-order valence-corrected chi connectivity index (χ0v) is 48.0. The van der Waals surface area contributed by atoms with Gasteiger partial charge in [-0.05, 0) is 202 Å². The molecule has 0 aliphatic rings. The van der Waals surface area contributed by atoms with Crippen LogP contribution in [0.1, 0.15) is 61.2 Å². The fourth-order valence-corrected chi connectivity index (χ4v) is 13.1. The highest BCUT2D eigenvalue weighted by Gasteiger charge is 2.31. The molecule has 13 aromatic rings. The molecule has 83 heavy (non-hydrogen) atoms. The van der Waals surface area contributed by atoms with Crippen LogP contribution >= 0.6 is 0 Å². The van der Waals surface area contributed by atoms with Gasteiger partial charge in [-0.3, -0.25) is 0 Å². The van der Waals surface area contributed by atoms with Gasteiger partial charge in [-0.25, -0.2) is 0 Å². The molecule has 0 aliphatic carbocycles. The SMILES string of the molecule is Cc1cc(C)cc(-c2ccc3c(c2)c2cc(-c4cc(C)cc(C)c4)ccc2n3-c2cc(C#N)ccc2-c2ccc(-c3ccc(C(F)(F)F)cc3C)cc2-n2c3ccc(-c4cc(C)cc(C)c4)cc3c3cc(-c4cc(C)cc(C)c4)ccc32)c1. The maximum atomic E-state index is 14.3. The number of fused-ring (bicyclic) bond motifs is 6. The zero-order valence-electron chi connectivity index (χ0n) is 48.0. The summed E-state index contributed by atoms with van der Waals surface area (Å²) in [6.45, 7) is 18.8. The number of alkyl halides is 3. The van der Waals surface area contributed by atoms with Crippen molar-refractivity contribution in [2.45, 2.75) is 68.5 Å². The highest BCUT2D eigenvalue weighted by molar-refractivity contribution is 6.14. The third-order valence-electron chi connectivity index (χ3n) is 16.5. The van der Waals surface area contributed by atoms with Crippen molar-refractivity contribution >= 4 is 43.6 Å². The second-order valence-corrected chi connectivity index (χ2v) is 23.2. The predicted octanol–water partition coefficient (Wildman–Crippen LogP) is 21.5. The average Bonchev–Trinajstić information content (AvgIpc) is 2.18. The Labute approximate surface area is 482 Å². The Kier molecular flexibility index (Phi) is 12.7. The molecule has 2 aromatic heterocycles. The van der Waals surface area contributed by atoms with Gasteiger partial charge >= 0.3 is 6.18 Å². The van der Waals surface area contributed by atoms with Crippen LogP contribution in [0.25, 0.3) is 122 Å². The molecule has 0 fully saturated rings. The maximum Gasteiger partial charge on any atom is 0.416 e. The third-order valence-corrected chi connectivity index (χ3v) is 16.5. The molecule has 0 unspecified atom stereocenters. The van der Waals surface area contributed by atoms with Gasteiger partial charge in [0.15, 0.2) is 0 Å². The molecule has 0 spiro atoms. The molecule has 11 aromatic carbocycles. The molecule has 6 heteroatoms. The van der Waals surface area contributed by atoms with Crippen molar-refractivity contribution in [1.82, 2.24) is 9.13 Å². The Morgan fingerprint density at radius 1 is 0.301 bits per heavy atom. The Balaban J connectivity index is 1.12. The molecular formula is C77H60F3N3. The smallest absolute Gasteiger partial charge is 0.309 e. The van der Waals surface area contributed by atoms with E-state index in [1.54, 1.807) is 13.0 Å². The molecule has 2 heterocycles. The number of hydrogen-bond donors (Lipinski definition) is 0. The van der Waals surface area contributed by atoms with E-state index in [9.17, 15) is 18.4 Å². The van der Waals surface area contributed by atoms with E-state index in [1.165, 1.54) is 56.6 Å². The van der Waals surface area contributed by atoms with Gasteiger partial charge in [0.05, 0.1) is 50.6 Å². The van der Waals surface area contributed by atoms with Gasteiger partial charge in [0.2, 0.25) is 0 Å². The van der Waals surface area contributed by atoms with Crippen molar-refractivity contribution in [2.24, 2.45) is 0 Å². The molecule has 3 nitrogen and oxygen atoms in total. The molecule has 0 saturated carbocycles. The quantitative estimate of drug-likeness (QED) is 0.149. The number of halogens is 3. The van der Waals surface area contributed by atoms with Gasteiger partial charge in [-0.2, -0.15) is 18.4 Å². The van der Waals surface area contributed by atoms with Crippen LogP contribution in [0.3, 0.4) is 0 Å². The fraction of sp³-hybridized carbons (Fsp3) is 0.130. The number of nitrogens with zero attached hydrogens (tertiary/aromatic N) is 3. The molecule has 0 amide bonds. The molecule has 0 saturated heterocycles. The van der Waals surface area contributed by atoms with E-state index < -0.39 is 11.7 Å². The lowest BCUT2D eigenvalue weighted by Gasteiger charge is -2.21. The lowest BCUT2D eigenvalue weighted by molar-refractivity contribution is -0.137. The van der Waals surface area contributed by atoms with Crippen molar-refractivity contribution in [1.29, 1.82) is 5.26 Å². The largest absolute Gasteiger partial charge is 0.416 e. The van der Waals surface area contributed by atoms with Gasteiger partial charge in [-0.1, -0.05) is 166 Å². The number of rotatable bonds is 8. The van der Waals surface area contributed by atoms with E-state index >= 15 is 0 Å². The molecular weight excluding hydrogens is 1020 g/mol. The molecule has 0 atom stereocenters. The van der Waals surface area contributed by atoms with E-state index in [4.69, 9.17) is 0 Å². The first-order valence-electron chi connectivity index (χ1n) is 28.2. The average molecular weight is 1080 g/mol. The van der Waals surface area contributed by atoms with E-state index in [0.717, 1.165) is 116 Å². The van der Waals surface area contributed by atoms with Crippen LogP contribution in [0.2, 0.25) is 0 Å². The number of aryl methyl sites for hydroxylation is 9. The van der Waals surface area contributed by atoms with Gasteiger partial charge < -0.3 is 9.13 Å². The summed E-state index contributed by atoms with van der Waals surface area (Å²) in [6.07, 6.45) is -4.49. The molecule has 13 rings (SSSR count). The predicted molar refractivity (Wildman–Crippen MR) is 340 cm³/mol. The Bertz CT molecular complexity index is 4600. The standard InChI is InChI=1S/C77H60F3N3/c1-44-24-45(2)29-59(28-44)54-12-20-71-67(38-54)68-39-55(60-30-46(3)25-47(4)31-60)13-21-72(68)82(71)75-37-53(43-81)10-17-65(75)66-18-11-58(64-19-16-63(36-52(64)9)77(78,79)80)42-76(66)83-73-22-14-56(61-32-48(5)26-49(6)33-61)40-69(73)70-41-57(15-23-74(70)83)62-34-50(7)27-51(8)35-62/h10-42H,1-9H3. The minimum Gasteiger partial charge on any atom is -0.309 e. The van der Waals surface area contributed by atoms with Crippen LogP contribution in [0.5, 0.6) is 0 Å². The topological polar surface area (TPSA) is 33.6 Å². The van der Waals surface area contributed by atoms with Gasteiger partial charge in [0.1, 0.15) is 0 Å². The summed E-state index contributed by atoms with van der Waals surface area (Å²) in [4.78, 5) is 0. The fourth-order valence-electron chi connectivity index (χ4n) is 13.1. The number of benzene rings is 11. The lowest BCUT2D eigenvalue weighted by atomic mass is 9.93. The first-order chi connectivity index (χ1) is 39.8. The summed E-state index contributed by atoms with van der Waals surface area (Å²) >= 11 is 0. The normalized spacial score (nSPS) is 11.8. The van der Waals surface area contributed by atoms with E-state index in [0.29, 0.717) is 16.7 Å². The second-order valence-electron chi connectivity index (χ2n) is 23.2. The van der Waals surface area contributed by atoms with Crippen LogP contribution < -0.4 is 0 Å². The summed E-state index contributed by atoms with van der Waals surface area (Å²) in [6, 6.07) is 72.3. The van der Waals surface area contributed by atoms with Crippen LogP contribution in [-0.2, 0) is 6.18 Å². The summed E-state index contributed by atoms with van der Waals surface area (Å²) < 4.78 is 47.5. The second kappa shape index (κ2) is 20.1. The van der Waals surface area contributed by atoms with Crippen molar-refractivity contribution in [3.05, 3.63) is 261 Å². The summed E-state index contributed by atoms with van der Waals surface area (Å²) in [5.74, 6) is 0. The first-order valence-corrected chi connectivity index (χ1v) is 28.2. The minimum absolute atomic E-state index is 0.505. The highest BCUT2D eigenvalue weighted by Crippen LogP contribution is 2.46. The third kappa shape index (κ3) is 9.56. The van der Waals surface area contributed by atoms with Crippen LogP contribution in [-0.4, -0.2) is 9.13 Å². The zero-order chi connectivity index (χ0) is 57.7. The molecule has 0 N–H and O–H groups in total. The van der Waals surface area contributed by atoms with E-state index in [1.807, 2.05) is 18.2 Å². The van der Waals surface area contributed by atoms with Crippen LogP contribution in [0, 0.1) is 73.6 Å². The summed E-state index contributed by atoms with van der Waals surface area (Å²) in [5, 5.41) is 15.1. The van der Waals surface area contributed by atoms with Crippen LogP contribution in [0.4, 0.5) is 13.2 Å². The first kappa shape index (κ1) is 52.7. The van der Waals surface area contributed by atoms with Crippen LogP contribution in [0.15, 0.2) is 200 Å². The maximum absolute atomic E-state index is 14.3. The molecule has 404 valence electrons.